The first-order chi connectivity index (χ1) is 9.61. The second kappa shape index (κ2) is 6.33. The SMILES string of the molecule is O=C(OCc1ccc([N+](=O)[O-])cc1)N1CCC[C@@H]1CO. The fourth-order valence-corrected chi connectivity index (χ4v) is 2.21. The predicted octanol–water partition coefficient (Wildman–Crippen LogP) is 1.69. The number of carbonyl (C=O) groups is 1. The fraction of sp³-hybridized carbons (Fsp3) is 0.462. The third-order valence-corrected chi connectivity index (χ3v) is 3.33. The standard InChI is InChI=1S/C13H16N2O5/c16-8-12-2-1-7-14(12)13(17)20-9-10-3-5-11(6-4-10)15(18)19/h3-6,12,16H,1-2,7-9H2/t12-/m1/s1. The van der Waals surface area contributed by atoms with E-state index in [1.54, 1.807) is 12.1 Å². The highest BCUT2D eigenvalue weighted by molar-refractivity contribution is 5.68. The molecule has 0 aromatic heterocycles. The van der Waals surface area contributed by atoms with Crippen LogP contribution in [0.4, 0.5) is 10.5 Å². The van der Waals surface area contributed by atoms with E-state index in [0.717, 1.165) is 12.8 Å². The minimum absolute atomic E-state index is 0.0000334. The van der Waals surface area contributed by atoms with E-state index in [-0.39, 0.29) is 24.9 Å². The third kappa shape index (κ3) is 3.24. The lowest BCUT2D eigenvalue weighted by atomic mass is 10.2. The Kier molecular flexibility index (Phi) is 4.52. The monoisotopic (exact) mass is 280 g/mol. The molecule has 1 atom stereocenters. The van der Waals surface area contributed by atoms with Crippen molar-refractivity contribution in [3.05, 3.63) is 39.9 Å². The third-order valence-electron chi connectivity index (χ3n) is 3.33. The highest BCUT2D eigenvalue weighted by Gasteiger charge is 2.29. The number of likely N-dealkylation sites (tertiary alicyclic amines) is 1. The van der Waals surface area contributed by atoms with Crippen LogP contribution in [0.2, 0.25) is 0 Å². The lowest BCUT2D eigenvalue weighted by Gasteiger charge is -2.22. The average Bonchev–Trinajstić information content (AvgIpc) is 2.93. The van der Waals surface area contributed by atoms with Gasteiger partial charge >= 0.3 is 6.09 Å². The van der Waals surface area contributed by atoms with Crippen LogP contribution in [0.1, 0.15) is 18.4 Å². The van der Waals surface area contributed by atoms with Crippen LogP contribution < -0.4 is 0 Å². The maximum absolute atomic E-state index is 11.8. The van der Waals surface area contributed by atoms with Crippen LogP contribution in [0.5, 0.6) is 0 Å². The first kappa shape index (κ1) is 14.3. The van der Waals surface area contributed by atoms with Crippen LogP contribution in [0.3, 0.4) is 0 Å². The molecule has 0 saturated carbocycles. The molecule has 1 fully saturated rings. The topological polar surface area (TPSA) is 92.9 Å². The Morgan fingerprint density at radius 3 is 2.75 bits per heavy atom. The summed E-state index contributed by atoms with van der Waals surface area (Å²) in [4.78, 5) is 23.4. The number of aliphatic hydroxyl groups excluding tert-OH is 1. The number of nitro benzene ring substituents is 1. The van der Waals surface area contributed by atoms with Gasteiger partial charge in [-0.2, -0.15) is 0 Å². The van der Waals surface area contributed by atoms with E-state index in [4.69, 9.17) is 9.84 Å². The van der Waals surface area contributed by atoms with Crippen LogP contribution in [0.15, 0.2) is 24.3 Å². The van der Waals surface area contributed by atoms with Crippen molar-refractivity contribution in [2.24, 2.45) is 0 Å². The van der Waals surface area contributed by atoms with Crippen molar-refractivity contribution in [3.63, 3.8) is 0 Å². The number of non-ortho nitro benzene ring substituents is 1. The number of hydrogen-bond acceptors (Lipinski definition) is 5. The Labute approximate surface area is 115 Å². The minimum Gasteiger partial charge on any atom is -0.445 e. The van der Waals surface area contributed by atoms with Gasteiger partial charge in [-0.3, -0.25) is 10.1 Å². The molecule has 0 bridgehead atoms. The molecule has 1 N–H and O–H groups in total. The molecular weight excluding hydrogens is 264 g/mol. The molecule has 7 nitrogen and oxygen atoms in total. The summed E-state index contributed by atoms with van der Waals surface area (Å²) in [6.07, 6.45) is 1.18. The summed E-state index contributed by atoms with van der Waals surface area (Å²) < 4.78 is 5.15. The number of hydrogen-bond donors (Lipinski definition) is 1. The predicted molar refractivity (Wildman–Crippen MR) is 70.1 cm³/mol. The highest BCUT2D eigenvalue weighted by atomic mass is 16.6. The molecule has 1 aromatic rings. The second-order valence-corrected chi connectivity index (χ2v) is 4.65. The van der Waals surface area contributed by atoms with E-state index in [1.165, 1.54) is 17.0 Å². The zero-order valence-corrected chi connectivity index (χ0v) is 10.9. The maximum Gasteiger partial charge on any atom is 0.410 e. The Morgan fingerprint density at radius 2 is 2.15 bits per heavy atom. The van der Waals surface area contributed by atoms with Crippen molar-refractivity contribution in [3.8, 4) is 0 Å². The Morgan fingerprint density at radius 1 is 1.45 bits per heavy atom. The number of aliphatic hydroxyl groups is 1. The van der Waals surface area contributed by atoms with Gasteiger partial charge in [-0.05, 0) is 30.5 Å². The van der Waals surface area contributed by atoms with Gasteiger partial charge < -0.3 is 14.7 Å². The molecule has 1 heterocycles. The summed E-state index contributed by atoms with van der Waals surface area (Å²) in [6, 6.07) is 5.68. The molecule has 1 aliphatic rings. The van der Waals surface area contributed by atoms with Gasteiger partial charge in [0.1, 0.15) is 6.61 Å². The van der Waals surface area contributed by atoms with Crippen molar-refractivity contribution >= 4 is 11.8 Å². The first-order valence-corrected chi connectivity index (χ1v) is 6.39. The van der Waals surface area contributed by atoms with Gasteiger partial charge in [-0.25, -0.2) is 4.79 Å². The van der Waals surface area contributed by atoms with Crippen molar-refractivity contribution in [1.29, 1.82) is 0 Å². The van der Waals surface area contributed by atoms with E-state index < -0.39 is 11.0 Å². The molecule has 1 aromatic carbocycles. The molecule has 0 aliphatic carbocycles. The van der Waals surface area contributed by atoms with Crippen LogP contribution >= 0.6 is 0 Å². The molecule has 1 aliphatic heterocycles. The Bertz CT molecular complexity index is 488. The van der Waals surface area contributed by atoms with E-state index in [0.29, 0.717) is 12.1 Å². The number of benzene rings is 1. The lowest BCUT2D eigenvalue weighted by Crippen LogP contribution is -2.37. The molecule has 1 saturated heterocycles. The highest BCUT2D eigenvalue weighted by Crippen LogP contribution is 2.18. The number of carbonyl (C=O) groups excluding carboxylic acids is 1. The van der Waals surface area contributed by atoms with Gasteiger partial charge in [0.05, 0.1) is 17.6 Å². The number of ether oxygens (including phenoxy) is 1. The van der Waals surface area contributed by atoms with Crippen LogP contribution in [0.25, 0.3) is 0 Å². The van der Waals surface area contributed by atoms with E-state index >= 15 is 0 Å². The summed E-state index contributed by atoms with van der Waals surface area (Å²) in [7, 11) is 0. The van der Waals surface area contributed by atoms with E-state index in [2.05, 4.69) is 0 Å². The second-order valence-electron chi connectivity index (χ2n) is 4.65. The zero-order chi connectivity index (χ0) is 14.5. The number of nitro groups is 1. The first-order valence-electron chi connectivity index (χ1n) is 6.39. The average molecular weight is 280 g/mol. The van der Waals surface area contributed by atoms with E-state index in [9.17, 15) is 14.9 Å². The van der Waals surface area contributed by atoms with Gasteiger partial charge in [-0.1, -0.05) is 0 Å². The molecule has 7 heteroatoms. The van der Waals surface area contributed by atoms with Gasteiger partial charge in [0.15, 0.2) is 0 Å². The van der Waals surface area contributed by atoms with Crippen LogP contribution in [-0.4, -0.2) is 40.2 Å². The Hall–Kier alpha value is -2.15. The summed E-state index contributed by atoms with van der Waals surface area (Å²) in [5.74, 6) is 0. The number of rotatable bonds is 4. The molecule has 0 spiro atoms. The molecule has 20 heavy (non-hydrogen) atoms. The van der Waals surface area contributed by atoms with Crippen LogP contribution in [0, 0.1) is 10.1 Å². The normalized spacial score (nSPS) is 18.1. The molecule has 1 amide bonds. The molecule has 108 valence electrons. The van der Waals surface area contributed by atoms with Crippen molar-refractivity contribution in [1.82, 2.24) is 4.90 Å². The van der Waals surface area contributed by atoms with E-state index in [1.807, 2.05) is 0 Å². The van der Waals surface area contributed by atoms with Gasteiger partial charge in [-0.15, -0.1) is 0 Å². The number of amides is 1. The molecule has 2 rings (SSSR count). The van der Waals surface area contributed by atoms with Crippen LogP contribution in [-0.2, 0) is 11.3 Å². The largest absolute Gasteiger partial charge is 0.445 e. The van der Waals surface area contributed by atoms with Crippen molar-refractivity contribution in [2.45, 2.75) is 25.5 Å². The fourth-order valence-electron chi connectivity index (χ4n) is 2.21. The molecule has 0 radical (unpaired) electrons. The number of nitrogens with zero attached hydrogens (tertiary/aromatic N) is 2. The minimum atomic E-state index is -0.480. The van der Waals surface area contributed by atoms with Crippen molar-refractivity contribution < 1.29 is 19.6 Å². The molecular formula is C13H16N2O5. The summed E-state index contributed by atoms with van der Waals surface area (Å²) in [5.41, 5.74) is 0.684. The maximum atomic E-state index is 11.8. The quantitative estimate of drug-likeness (QED) is 0.669. The Balaban J connectivity index is 1.88. The van der Waals surface area contributed by atoms with Gasteiger partial charge in [0.2, 0.25) is 0 Å². The smallest absolute Gasteiger partial charge is 0.410 e. The summed E-state index contributed by atoms with van der Waals surface area (Å²) in [5, 5.41) is 19.7. The van der Waals surface area contributed by atoms with Gasteiger partial charge in [0, 0.05) is 18.7 Å². The lowest BCUT2D eigenvalue weighted by molar-refractivity contribution is -0.384. The van der Waals surface area contributed by atoms with Crippen molar-refractivity contribution in [2.75, 3.05) is 13.2 Å². The summed E-state index contributed by atoms with van der Waals surface area (Å²) >= 11 is 0. The van der Waals surface area contributed by atoms with Gasteiger partial charge in [0.25, 0.3) is 5.69 Å². The molecule has 0 unspecified atom stereocenters. The zero-order valence-electron chi connectivity index (χ0n) is 10.9. The summed E-state index contributed by atoms with van der Waals surface area (Å²) in [6.45, 7) is 0.586.